The van der Waals surface area contributed by atoms with E-state index in [1.54, 1.807) is 28.9 Å². The monoisotopic (exact) mass is 346 g/mol. The first-order valence-electron chi connectivity index (χ1n) is 7.44. The summed E-state index contributed by atoms with van der Waals surface area (Å²) in [6.45, 7) is 3.12. The third-order valence-corrected chi connectivity index (χ3v) is 5.47. The van der Waals surface area contributed by atoms with E-state index in [9.17, 15) is 4.79 Å². The van der Waals surface area contributed by atoms with Crippen LogP contribution in [0.2, 0.25) is 0 Å². The molecule has 0 fully saturated rings. The molecule has 0 aliphatic rings. The standard InChI is InChI=1S/C17H18N2O2S2/c1-13-16(23-12-18-13)6-7-17(20)19(10-14-4-2-8-21-14)11-15-5-3-9-22-15/h2-5,8-9,12H,6-7,10-11H2,1H3. The zero-order valence-electron chi connectivity index (χ0n) is 12.9. The van der Waals surface area contributed by atoms with Gasteiger partial charge in [-0.3, -0.25) is 4.79 Å². The molecular weight excluding hydrogens is 328 g/mol. The Hall–Kier alpha value is -1.92. The number of thiophene rings is 1. The summed E-state index contributed by atoms with van der Waals surface area (Å²) in [5.74, 6) is 0.950. The average Bonchev–Trinajstić information content (AvgIpc) is 3.27. The van der Waals surface area contributed by atoms with E-state index < -0.39 is 0 Å². The molecule has 0 radical (unpaired) electrons. The van der Waals surface area contributed by atoms with Gasteiger partial charge in [0.25, 0.3) is 0 Å². The van der Waals surface area contributed by atoms with Gasteiger partial charge in [-0.25, -0.2) is 4.98 Å². The smallest absolute Gasteiger partial charge is 0.223 e. The Kier molecular flexibility index (Phi) is 5.25. The molecule has 1 amide bonds. The topological polar surface area (TPSA) is 46.3 Å². The van der Waals surface area contributed by atoms with Crippen molar-refractivity contribution in [1.29, 1.82) is 0 Å². The van der Waals surface area contributed by atoms with Gasteiger partial charge in [0.05, 0.1) is 30.6 Å². The molecule has 3 aromatic heterocycles. The summed E-state index contributed by atoms with van der Waals surface area (Å²) in [5.41, 5.74) is 2.86. The second-order valence-electron chi connectivity index (χ2n) is 5.27. The fraction of sp³-hybridized carbons (Fsp3) is 0.294. The van der Waals surface area contributed by atoms with E-state index in [0.29, 0.717) is 19.5 Å². The van der Waals surface area contributed by atoms with Crippen LogP contribution in [-0.4, -0.2) is 15.8 Å². The fourth-order valence-electron chi connectivity index (χ4n) is 2.36. The molecular formula is C17H18N2O2S2. The van der Waals surface area contributed by atoms with Crippen molar-refractivity contribution in [2.24, 2.45) is 0 Å². The van der Waals surface area contributed by atoms with Crippen LogP contribution in [0.25, 0.3) is 0 Å². The Bertz CT molecular complexity index is 696. The summed E-state index contributed by atoms with van der Waals surface area (Å²) in [5, 5.41) is 2.03. The number of carbonyl (C=O) groups is 1. The van der Waals surface area contributed by atoms with Gasteiger partial charge in [0.1, 0.15) is 5.76 Å². The normalized spacial score (nSPS) is 10.8. The van der Waals surface area contributed by atoms with Gasteiger partial charge < -0.3 is 9.32 Å². The zero-order chi connectivity index (χ0) is 16.1. The molecule has 3 heterocycles. The molecule has 0 aromatic carbocycles. The van der Waals surface area contributed by atoms with Crippen LogP contribution in [0.4, 0.5) is 0 Å². The summed E-state index contributed by atoms with van der Waals surface area (Å²) in [7, 11) is 0. The van der Waals surface area contributed by atoms with E-state index in [0.717, 1.165) is 17.9 Å². The SMILES string of the molecule is Cc1ncsc1CCC(=O)N(Cc1ccco1)Cc1cccs1. The molecule has 0 atom stereocenters. The minimum atomic E-state index is 0.141. The molecule has 0 saturated heterocycles. The first-order chi connectivity index (χ1) is 11.2. The van der Waals surface area contributed by atoms with Gasteiger partial charge in [0.2, 0.25) is 5.91 Å². The largest absolute Gasteiger partial charge is 0.467 e. The lowest BCUT2D eigenvalue weighted by Gasteiger charge is -2.21. The molecule has 0 saturated carbocycles. The average molecular weight is 346 g/mol. The quantitative estimate of drug-likeness (QED) is 0.642. The van der Waals surface area contributed by atoms with Crippen molar-refractivity contribution in [2.45, 2.75) is 32.9 Å². The van der Waals surface area contributed by atoms with E-state index in [2.05, 4.69) is 11.1 Å². The number of rotatable bonds is 7. The molecule has 3 aromatic rings. The number of aryl methyl sites for hydroxylation is 2. The maximum atomic E-state index is 12.7. The third-order valence-electron chi connectivity index (χ3n) is 3.62. The van der Waals surface area contributed by atoms with Crippen LogP contribution >= 0.6 is 22.7 Å². The van der Waals surface area contributed by atoms with Crippen LogP contribution in [-0.2, 0) is 24.3 Å². The summed E-state index contributed by atoms with van der Waals surface area (Å²) >= 11 is 3.28. The van der Waals surface area contributed by atoms with Crippen LogP contribution in [0, 0.1) is 6.92 Å². The highest BCUT2D eigenvalue weighted by molar-refractivity contribution is 7.10. The highest BCUT2D eigenvalue weighted by atomic mass is 32.1. The molecule has 6 heteroatoms. The lowest BCUT2D eigenvalue weighted by atomic mass is 10.2. The summed E-state index contributed by atoms with van der Waals surface area (Å²) in [6, 6.07) is 7.82. The van der Waals surface area contributed by atoms with Gasteiger partial charge in [0.15, 0.2) is 0 Å². The molecule has 0 bridgehead atoms. The Labute approximate surface area is 143 Å². The van der Waals surface area contributed by atoms with E-state index >= 15 is 0 Å². The number of nitrogens with zero attached hydrogens (tertiary/aromatic N) is 2. The fourth-order valence-corrected chi connectivity index (χ4v) is 3.86. The van der Waals surface area contributed by atoms with Crippen molar-refractivity contribution in [1.82, 2.24) is 9.88 Å². The van der Waals surface area contributed by atoms with Crippen molar-refractivity contribution in [2.75, 3.05) is 0 Å². The van der Waals surface area contributed by atoms with Gasteiger partial charge in [-0.15, -0.1) is 22.7 Å². The number of furan rings is 1. The highest BCUT2D eigenvalue weighted by Gasteiger charge is 2.17. The summed E-state index contributed by atoms with van der Waals surface area (Å²) < 4.78 is 5.40. The van der Waals surface area contributed by atoms with E-state index in [1.807, 2.05) is 40.9 Å². The van der Waals surface area contributed by atoms with Crippen LogP contribution in [0.1, 0.15) is 27.6 Å². The number of hydrogen-bond donors (Lipinski definition) is 0. The van der Waals surface area contributed by atoms with Gasteiger partial charge in [0, 0.05) is 16.2 Å². The third kappa shape index (κ3) is 4.30. The van der Waals surface area contributed by atoms with E-state index in [4.69, 9.17) is 4.42 Å². The molecule has 0 aliphatic carbocycles. The highest BCUT2D eigenvalue weighted by Crippen LogP contribution is 2.18. The molecule has 120 valence electrons. The van der Waals surface area contributed by atoms with Gasteiger partial charge in [-0.05, 0) is 36.9 Å². The molecule has 23 heavy (non-hydrogen) atoms. The lowest BCUT2D eigenvalue weighted by Crippen LogP contribution is -2.29. The summed E-state index contributed by atoms with van der Waals surface area (Å²) in [6.07, 6.45) is 2.88. The number of thiazole rings is 1. The van der Waals surface area contributed by atoms with Crippen LogP contribution in [0.3, 0.4) is 0 Å². The number of carbonyl (C=O) groups excluding carboxylic acids is 1. The van der Waals surface area contributed by atoms with E-state index in [1.165, 1.54) is 9.75 Å². The maximum absolute atomic E-state index is 12.7. The van der Waals surface area contributed by atoms with Gasteiger partial charge >= 0.3 is 0 Å². The predicted octanol–water partition coefficient (Wildman–Crippen LogP) is 4.27. The van der Waals surface area contributed by atoms with Crippen molar-refractivity contribution in [3.05, 3.63) is 62.6 Å². The Morgan fingerprint density at radius 3 is 2.83 bits per heavy atom. The predicted molar refractivity (Wildman–Crippen MR) is 92.5 cm³/mol. The van der Waals surface area contributed by atoms with Crippen molar-refractivity contribution < 1.29 is 9.21 Å². The second-order valence-corrected chi connectivity index (χ2v) is 7.24. The van der Waals surface area contributed by atoms with Crippen LogP contribution in [0.15, 0.2) is 45.8 Å². The Morgan fingerprint density at radius 1 is 1.26 bits per heavy atom. The molecule has 0 aliphatic heterocycles. The zero-order valence-corrected chi connectivity index (χ0v) is 14.5. The number of aromatic nitrogens is 1. The van der Waals surface area contributed by atoms with Crippen LogP contribution in [0.5, 0.6) is 0 Å². The van der Waals surface area contributed by atoms with Crippen molar-refractivity contribution in [3.8, 4) is 0 Å². The second kappa shape index (κ2) is 7.57. The Morgan fingerprint density at radius 2 is 2.17 bits per heavy atom. The lowest BCUT2D eigenvalue weighted by molar-refractivity contribution is -0.132. The first kappa shape index (κ1) is 16.0. The Balaban J connectivity index is 1.66. The number of amides is 1. The van der Waals surface area contributed by atoms with Crippen molar-refractivity contribution >= 4 is 28.6 Å². The maximum Gasteiger partial charge on any atom is 0.223 e. The van der Waals surface area contributed by atoms with Crippen molar-refractivity contribution in [3.63, 3.8) is 0 Å². The molecule has 0 spiro atoms. The van der Waals surface area contributed by atoms with Gasteiger partial charge in [-0.1, -0.05) is 6.07 Å². The van der Waals surface area contributed by atoms with E-state index in [-0.39, 0.29) is 5.91 Å². The minimum absolute atomic E-state index is 0.141. The van der Waals surface area contributed by atoms with Gasteiger partial charge in [-0.2, -0.15) is 0 Å². The minimum Gasteiger partial charge on any atom is -0.467 e. The first-order valence-corrected chi connectivity index (χ1v) is 9.20. The number of hydrogen-bond acceptors (Lipinski definition) is 5. The molecule has 3 rings (SSSR count). The molecule has 4 nitrogen and oxygen atoms in total. The summed E-state index contributed by atoms with van der Waals surface area (Å²) in [4.78, 5) is 21.1. The molecule has 0 unspecified atom stereocenters. The van der Waals surface area contributed by atoms with Crippen LogP contribution < -0.4 is 0 Å². The molecule has 0 N–H and O–H groups in total.